The predicted octanol–water partition coefficient (Wildman–Crippen LogP) is 12.0. The van der Waals surface area contributed by atoms with E-state index < -0.39 is 0 Å². The Kier molecular flexibility index (Phi) is 6.01. The smallest absolute Gasteiger partial charge is 0.164 e. The number of hydrogen-bond acceptors (Lipinski definition) is 5. The number of fused-ring (bicyclic) bond motifs is 8. The maximum atomic E-state index is 6.69. The maximum absolute atomic E-state index is 6.69. The van der Waals surface area contributed by atoms with Gasteiger partial charge in [-0.1, -0.05) is 121 Å². The van der Waals surface area contributed by atoms with Gasteiger partial charge in [0.05, 0.1) is 0 Å². The van der Waals surface area contributed by atoms with Gasteiger partial charge in [0.2, 0.25) is 0 Å². The summed E-state index contributed by atoms with van der Waals surface area (Å²) in [5.74, 6) is 1.86. The van der Waals surface area contributed by atoms with Gasteiger partial charge in [-0.3, -0.25) is 0 Å². The minimum Gasteiger partial charge on any atom is -0.455 e. The zero-order chi connectivity index (χ0) is 31.6. The fourth-order valence-corrected chi connectivity index (χ4v) is 7.97. The molecule has 48 heavy (non-hydrogen) atoms. The van der Waals surface area contributed by atoms with Gasteiger partial charge in [-0.15, -0.1) is 11.3 Å². The molecule has 10 aromatic rings. The van der Waals surface area contributed by atoms with E-state index in [0.29, 0.717) is 17.5 Å². The highest BCUT2D eigenvalue weighted by Crippen LogP contribution is 2.44. The average Bonchev–Trinajstić information content (AvgIpc) is 3.74. The van der Waals surface area contributed by atoms with Gasteiger partial charge < -0.3 is 4.42 Å². The van der Waals surface area contributed by atoms with E-state index in [1.807, 2.05) is 84.1 Å². The van der Waals surface area contributed by atoms with Crippen molar-refractivity contribution in [2.75, 3.05) is 0 Å². The lowest BCUT2D eigenvalue weighted by Crippen LogP contribution is -2.00. The molecule has 0 spiro atoms. The number of furan rings is 1. The standard InChI is InChI=1S/C43H25N3OS/c1-3-12-26(13-4-1)41-44-42(27-14-5-2-6-15-27)46-43(45-41)35-25-33-29(28-22-23-38-34(24-28)30-16-8-10-21-37(30)48-38)18-11-19-31(33)40-39(35)32-17-7-9-20-36(32)47-40/h1-25H. The van der Waals surface area contributed by atoms with Gasteiger partial charge in [0.1, 0.15) is 11.2 Å². The van der Waals surface area contributed by atoms with Gasteiger partial charge in [0.25, 0.3) is 0 Å². The lowest BCUT2D eigenvalue weighted by molar-refractivity contribution is 0.672. The summed E-state index contributed by atoms with van der Waals surface area (Å²) in [5.41, 5.74) is 6.73. The lowest BCUT2D eigenvalue weighted by Gasteiger charge is -2.13. The van der Waals surface area contributed by atoms with Crippen LogP contribution in [0.4, 0.5) is 0 Å². The first kappa shape index (κ1) is 27.0. The predicted molar refractivity (Wildman–Crippen MR) is 199 cm³/mol. The first-order valence-electron chi connectivity index (χ1n) is 15.9. The van der Waals surface area contributed by atoms with Crippen LogP contribution in [0, 0.1) is 0 Å². The molecule has 10 rings (SSSR count). The minimum atomic E-state index is 0.607. The summed E-state index contributed by atoms with van der Waals surface area (Å²) in [4.78, 5) is 15.3. The number of para-hydroxylation sites is 1. The second-order valence-electron chi connectivity index (χ2n) is 12.0. The second-order valence-corrected chi connectivity index (χ2v) is 13.1. The quantitative estimate of drug-likeness (QED) is 0.194. The number of rotatable bonds is 4. The van der Waals surface area contributed by atoms with Crippen LogP contribution >= 0.6 is 11.3 Å². The Balaban J connectivity index is 1.30. The van der Waals surface area contributed by atoms with Gasteiger partial charge >= 0.3 is 0 Å². The van der Waals surface area contributed by atoms with Gasteiger partial charge in [-0.05, 0) is 46.8 Å². The van der Waals surface area contributed by atoms with Gasteiger partial charge in [-0.25, -0.2) is 15.0 Å². The van der Waals surface area contributed by atoms with Crippen LogP contribution in [0.3, 0.4) is 0 Å². The van der Waals surface area contributed by atoms with E-state index in [1.165, 1.54) is 20.2 Å². The SMILES string of the molecule is c1ccc(-c2nc(-c3ccccc3)nc(-c3cc4c(-c5ccc6sc7ccccc7c6c5)cccc4c4oc5ccccc5c34)n2)cc1. The van der Waals surface area contributed by atoms with E-state index in [0.717, 1.165) is 60.5 Å². The van der Waals surface area contributed by atoms with Crippen LogP contribution in [0.2, 0.25) is 0 Å². The first-order valence-corrected chi connectivity index (χ1v) is 16.8. The van der Waals surface area contributed by atoms with Crippen molar-refractivity contribution in [2.24, 2.45) is 0 Å². The fourth-order valence-electron chi connectivity index (χ4n) is 6.89. The Morgan fingerprint density at radius 3 is 1.79 bits per heavy atom. The molecule has 7 aromatic carbocycles. The molecule has 224 valence electrons. The summed E-state index contributed by atoms with van der Waals surface area (Å²) < 4.78 is 9.28. The highest BCUT2D eigenvalue weighted by molar-refractivity contribution is 7.25. The fraction of sp³-hybridized carbons (Fsp3) is 0. The molecule has 0 aliphatic carbocycles. The summed E-state index contributed by atoms with van der Waals surface area (Å²) in [6.45, 7) is 0. The van der Waals surface area contributed by atoms with E-state index in [-0.39, 0.29) is 0 Å². The third kappa shape index (κ3) is 4.25. The first-order chi connectivity index (χ1) is 23.8. The highest BCUT2D eigenvalue weighted by Gasteiger charge is 2.21. The van der Waals surface area contributed by atoms with Crippen LogP contribution in [0.5, 0.6) is 0 Å². The maximum Gasteiger partial charge on any atom is 0.164 e. The summed E-state index contributed by atoms with van der Waals surface area (Å²) in [7, 11) is 0. The third-order valence-electron chi connectivity index (χ3n) is 9.13. The van der Waals surface area contributed by atoms with Crippen LogP contribution in [0.1, 0.15) is 0 Å². The number of thiophene rings is 1. The molecule has 0 unspecified atom stereocenters. The van der Waals surface area contributed by atoms with Gasteiger partial charge in [0.15, 0.2) is 17.5 Å². The number of nitrogens with zero attached hydrogens (tertiary/aromatic N) is 3. The van der Waals surface area contributed by atoms with Crippen molar-refractivity contribution in [3.63, 3.8) is 0 Å². The summed E-state index contributed by atoms with van der Waals surface area (Å²) >= 11 is 1.83. The molecule has 0 N–H and O–H groups in total. The van der Waals surface area contributed by atoms with Crippen LogP contribution in [0.15, 0.2) is 156 Å². The van der Waals surface area contributed by atoms with E-state index in [2.05, 4.69) is 78.9 Å². The zero-order valence-electron chi connectivity index (χ0n) is 25.6. The molecule has 5 heteroatoms. The Labute approximate surface area is 279 Å². The molecule has 0 saturated heterocycles. The molecule has 0 bridgehead atoms. The minimum absolute atomic E-state index is 0.607. The highest BCUT2D eigenvalue weighted by atomic mass is 32.1. The number of benzene rings is 7. The van der Waals surface area contributed by atoms with Crippen LogP contribution in [-0.2, 0) is 0 Å². The van der Waals surface area contributed by atoms with Crippen LogP contribution in [-0.4, -0.2) is 15.0 Å². The molecule has 0 atom stereocenters. The van der Waals surface area contributed by atoms with Gasteiger partial charge in [-0.2, -0.15) is 0 Å². The molecule has 3 heterocycles. The van der Waals surface area contributed by atoms with Crippen molar-refractivity contribution in [3.05, 3.63) is 152 Å². The van der Waals surface area contributed by atoms with E-state index in [1.54, 1.807) is 0 Å². The van der Waals surface area contributed by atoms with Crippen molar-refractivity contribution in [1.82, 2.24) is 15.0 Å². The topological polar surface area (TPSA) is 51.8 Å². The van der Waals surface area contributed by atoms with Crippen molar-refractivity contribution >= 4 is 64.2 Å². The Bertz CT molecular complexity index is 2780. The lowest BCUT2D eigenvalue weighted by atomic mass is 9.93. The molecule has 4 nitrogen and oxygen atoms in total. The molecule has 0 fully saturated rings. The molecular formula is C43H25N3OS. The molecule has 0 saturated carbocycles. The summed E-state index contributed by atoms with van der Waals surface area (Å²) in [6, 6.07) is 52.6. The normalized spacial score (nSPS) is 11.8. The van der Waals surface area contributed by atoms with Crippen molar-refractivity contribution in [1.29, 1.82) is 0 Å². The van der Waals surface area contributed by atoms with E-state index in [4.69, 9.17) is 19.4 Å². The zero-order valence-corrected chi connectivity index (χ0v) is 26.4. The molecule has 0 amide bonds. The van der Waals surface area contributed by atoms with Crippen LogP contribution in [0.25, 0.3) is 98.2 Å². The summed E-state index contributed by atoms with van der Waals surface area (Å²) in [5, 5.41) is 6.72. The number of hydrogen-bond donors (Lipinski definition) is 0. The van der Waals surface area contributed by atoms with Crippen molar-refractivity contribution < 1.29 is 4.42 Å². The van der Waals surface area contributed by atoms with Gasteiger partial charge in [0, 0.05) is 53.0 Å². The molecule has 3 aromatic heterocycles. The number of aromatic nitrogens is 3. The molecule has 0 radical (unpaired) electrons. The third-order valence-corrected chi connectivity index (χ3v) is 10.3. The largest absolute Gasteiger partial charge is 0.455 e. The van der Waals surface area contributed by atoms with E-state index in [9.17, 15) is 0 Å². The summed E-state index contributed by atoms with van der Waals surface area (Å²) in [6.07, 6.45) is 0. The second kappa shape index (κ2) is 10.7. The Hall–Kier alpha value is -6.17. The van der Waals surface area contributed by atoms with Crippen molar-refractivity contribution in [2.45, 2.75) is 0 Å². The molecular weight excluding hydrogens is 607 g/mol. The molecule has 0 aliphatic rings. The average molecular weight is 632 g/mol. The monoisotopic (exact) mass is 631 g/mol. The van der Waals surface area contributed by atoms with E-state index >= 15 is 0 Å². The Morgan fingerprint density at radius 2 is 1.02 bits per heavy atom. The van der Waals surface area contributed by atoms with Crippen molar-refractivity contribution in [3.8, 4) is 45.3 Å². The van der Waals surface area contributed by atoms with Crippen LogP contribution < -0.4 is 0 Å². The molecule has 0 aliphatic heterocycles. The Morgan fingerprint density at radius 1 is 0.396 bits per heavy atom.